The number of nitrogens with two attached hydrogens (primary N) is 1. The Kier molecular flexibility index (Phi) is 3.45. The first-order valence-corrected chi connectivity index (χ1v) is 6.36. The quantitative estimate of drug-likeness (QED) is 0.635. The highest BCUT2D eigenvalue weighted by atomic mass is 16.5. The molecular formula is C14H20N2O2. The lowest BCUT2D eigenvalue weighted by Gasteiger charge is -2.43. The van der Waals surface area contributed by atoms with Crippen LogP contribution in [0.2, 0.25) is 0 Å². The van der Waals surface area contributed by atoms with Crippen molar-refractivity contribution in [2.75, 3.05) is 18.2 Å². The summed E-state index contributed by atoms with van der Waals surface area (Å²) in [5.41, 5.74) is 7.76. The number of nitrogen functional groups attached to an aromatic ring is 1. The van der Waals surface area contributed by atoms with Crippen molar-refractivity contribution in [3.63, 3.8) is 0 Å². The maximum Gasteiger partial charge on any atom is 0.340 e. The largest absolute Gasteiger partial charge is 0.465 e. The molecule has 0 spiro atoms. The van der Waals surface area contributed by atoms with Gasteiger partial charge in [-0.1, -0.05) is 6.92 Å². The molecule has 1 aromatic carbocycles. The number of esters is 1. The Morgan fingerprint density at radius 1 is 1.50 bits per heavy atom. The molecule has 98 valence electrons. The topological polar surface area (TPSA) is 64.3 Å². The van der Waals surface area contributed by atoms with Gasteiger partial charge in [0.25, 0.3) is 0 Å². The van der Waals surface area contributed by atoms with Gasteiger partial charge in [-0.25, -0.2) is 4.79 Å². The van der Waals surface area contributed by atoms with Crippen LogP contribution in [0.15, 0.2) is 18.2 Å². The van der Waals surface area contributed by atoms with E-state index in [1.807, 2.05) is 6.07 Å². The molecule has 1 aliphatic rings. The number of ether oxygens (including phenoxy) is 1. The van der Waals surface area contributed by atoms with Crippen molar-refractivity contribution in [1.29, 1.82) is 0 Å². The molecule has 0 aliphatic heterocycles. The molecule has 0 unspecified atom stereocenters. The average molecular weight is 248 g/mol. The van der Waals surface area contributed by atoms with E-state index in [1.165, 1.54) is 13.5 Å². The fourth-order valence-corrected chi connectivity index (χ4v) is 2.41. The molecule has 3 N–H and O–H groups in total. The van der Waals surface area contributed by atoms with Crippen molar-refractivity contribution in [2.45, 2.75) is 38.1 Å². The number of benzene rings is 1. The zero-order valence-corrected chi connectivity index (χ0v) is 11.0. The highest BCUT2D eigenvalue weighted by Crippen LogP contribution is 2.39. The van der Waals surface area contributed by atoms with Crippen LogP contribution < -0.4 is 11.1 Å². The molecule has 0 bridgehead atoms. The van der Waals surface area contributed by atoms with Gasteiger partial charge in [-0.15, -0.1) is 0 Å². The Bertz CT molecular complexity index is 448. The van der Waals surface area contributed by atoms with Gasteiger partial charge in [0.2, 0.25) is 0 Å². The molecule has 2 rings (SSSR count). The van der Waals surface area contributed by atoms with Crippen molar-refractivity contribution < 1.29 is 9.53 Å². The van der Waals surface area contributed by atoms with Crippen LogP contribution in [0.5, 0.6) is 0 Å². The fourth-order valence-electron chi connectivity index (χ4n) is 2.41. The first-order chi connectivity index (χ1) is 8.60. The van der Waals surface area contributed by atoms with Crippen LogP contribution >= 0.6 is 0 Å². The predicted octanol–water partition coefficient (Wildman–Crippen LogP) is 2.80. The van der Waals surface area contributed by atoms with Crippen LogP contribution in [0.1, 0.15) is 43.0 Å². The van der Waals surface area contributed by atoms with Crippen LogP contribution in [0.4, 0.5) is 11.4 Å². The summed E-state index contributed by atoms with van der Waals surface area (Å²) in [5, 5.41) is 3.50. The van der Waals surface area contributed by atoms with Gasteiger partial charge in [-0.2, -0.15) is 0 Å². The molecule has 0 amide bonds. The second kappa shape index (κ2) is 4.88. The van der Waals surface area contributed by atoms with E-state index in [1.54, 1.807) is 12.1 Å². The lowest BCUT2D eigenvalue weighted by Crippen LogP contribution is -2.44. The molecule has 1 saturated carbocycles. The van der Waals surface area contributed by atoms with E-state index >= 15 is 0 Å². The maximum absolute atomic E-state index is 11.7. The van der Waals surface area contributed by atoms with Crippen molar-refractivity contribution in [2.24, 2.45) is 0 Å². The van der Waals surface area contributed by atoms with Crippen LogP contribution in [-0.2, 0) is 4.74 Å². The molecule has 0 heterocycles. The van der Waals surface area contributed by atoms with E-state index in [4.69, 9.17) is 10.5 Å². The van der Waals surface area contributed by atoms with E-state index in [9.17, 15) is 4.79 Å². The summed E-state index contributed by atoms with van der Waals surface area (Å²) in [6.45, 7) is 2.17. The van der Waals surface area contributed by atoms with E-state index in [0.29, 0.717) is 11.3 Å². The minimum Gasteiger partial charge on any atom is -0.465 e. The Hall–Kier alpha value is -1.71. The van der Waals surface area contributed by atoms with Gasteiger partial charge in [0.15, 0.2) is 0 Å². The first-order valence-electron chi connectivity index (χ1n) is 6.36. The summed E-state index contributed by atoms with van der Waals surface area (Å²) in [6, 6.07) is 5.32. The third-order valence-electron chi connectivity index (χ3n) is 3.84. The zero-order valence-electron chi connectivity index (χ0n) is 11.0. The second-order valence-corrected chi connectivity index (χ2v) is 4.91. The van der Waals surface area contributed by atoms with E-state index in [-0.39, 0.29) is 11.5 Å². The molecule has 1 aliphatic carbocycles. The smallest absolute Gasteiger partial charge is 0.340 e. The first kappa shape index (κ1) is 12.7. The number of hydrogen-bond donors (Lipinski definition) is 2. The number of methoxy groups -OCH3 is 1. The Balaban J connectivity index is 2.29. The molecular weight excluding hydrogens is 228 g/mol. The van der Waals surface area contributed by atoms with E-state index in [0.717, 1.165) is 24.9 Å². The summed E-state index contributed by atoms with van der Waals surface area (Å²) in [7, 11) is 1.38. The molecule has 18 heavy (non-hydrogen) atoms. The van der Waals surface area contributed by atoms with Gasteiger partial charge in [0, 0.05) is 16.9 Å². The highest BCUT2D eigenvalue weighted by Gasteiger charge is 2.35. The fraction of sp³-hybridized carbons (Fsp3) is 0.500. The number of hydrogen-bond acceptors (Lipinski definition) is 4. The summed E-state index contributed by atoms with van der Waals surface area (Å²) >= 11 is 0. The third kappa shape index (κ3) is 2.28. The van der Waals surface area contributed by atoms with Gasteiger partial charge < -0.3 is 15.8 Å². The standard InChI is InChI=1S/C14H20N2O2/c1-3-14(7-4-8-14)16-12-6-5-10(15)9-11(12)13(17)18-2/h5-6,9,16H,3-4,7-8,15H2,1-2H3. The summed E-state index contributed by atoms with van der Waals surface area (Å²) in [4.78, 5) is 11.7. The molecule has 0 radical (unpaired) electrons. The molecule has 4 nitrogen and oxygen atoms in total. The molecule has 4 heteroatoms. The van der Waals surface area contributed by atoms with Crippen LogP contribution in [0, 0.1) is 0 Å². The van der Waals surface area contributed by atoms with Crippen molar-refractivity contribution in [1.82, 2.24) is 0 Å². The number of carbonyl (C=O) groups is 1. The zero-order chi connectivity index (χ0) is 13.2. The summed E-state index contributed by atoms with van der Waals surface area (Å²) in [5.74, 6) is -0.352. The SMILES string of the molecule is CCC1(Nc2ccc(N)cc2C(=O)OC)CCC1. The predicted molar refractivity (Wildman–Crippen MR) is 72.7 cm³/mol. The summed E-state index contributed by atoms with van der Waals surface area (Å²) < 4.78 is 4.80. The van der Waals surface area contributed by atoms with Gasteiger partial charge in [0.1, 0.15) is 0 Å². The highest BCUT2D eigenvalue weighted by molar-refractivity contribution is 5.96. The Labute approximate surface area is 108 Å². The van der Waals surface area contributed by atoms with Crippen LogP contribution in [-0.4, -0.2) is 18.6 Å². The van der Waals surface area contributed by atoms with Crippen molar-refractivity contribution in [3.05, 3.63) is 23.8 Å². The van der Waals surface area contributed by atoms with Crippen molar-refractivity contribution in [3.8, 4) is 0 Å². The monoisotopic (exact) mass is 248 g/mol. The molecule has 0 atom stereocenters. The number of nitrogens with one attached hydrogen (secondary N) is 1. The minimum atomic E-state index is -0.352. The van der Waals surface area contributed by atoms with Gasteiger partial charge in [-0.3, -0.25) is 0 Å². The summed E-state index contributed by atoms with van der Waals surface area (Å²) in [6.07, 6.45) is 4.59. The van der Waals surface area contributed by atoms with Gasteiger partial charge in [0.05, 0.1) is 12.7 Å². The molecule has 0 aromatic heterocycles. The number of anilines is 2. The van der Waals surface area contributed by atoms with E-state index in [2.05, 4.69) is 12.2 Å². The maximum atomic E-state index is 11.7. The lowest BCUT2D eigenvalue weighted by atomic mass is 9.74. The van der Waals surface area contributed by atoms with Crippen molar-refractivity contribution >= 4 is 17.3 Å². The van der Waals surface area contributed by atoms with Crippen LogP contribution in [0.3, 0.4) is 0 Å². The normalized spacial score (nSPS) is 16.8. The average Bonchev–Trinajstić information content (AvgIpc) is 2.34. The number of carbonyl (C=O) groups excluding carboxylic acids is 1. The van der Waals surface area contributed by atoms with Gasteiger partial charge in [-0.05, 0) is 43.9 Å². The lowest BCUT2D eigenvalue weighted by molar-refractivity contribution is 0.0601. The van der Waals surface area contributed by atoms with Crippen LogP contribution in [0.25, 0.3) is 0 Å². The molecule has 0 saturated heterocycles. The minimum absolute atomic E-state index is 0.138. The number of rotatable bonds is 4. The van der Waals surface area contributed by atoms with E-state index < -0.39 is 0 Å². The second-order valence-electron chi connectivity index (χ2n) is 4.91. The Morgan fingerprint density at radius 3 is 2.72 bits per heavy atom. The Morgan fingerprint density at radius 2 is 2.22 bits per heavy atom. The third-order valence-corrected chi connectivity index (χ3v) is 3.84. The van der Waals surface area contributed by atoms with Gasteiger partial charge >= 0.3 is 5.97 Å². The molecule has 1 fully saturated rings. The molecule has 1 aromatic rings.